The highest BCUT2D eigenvalue weighted by molar-refractivity contribution is 5.91. The smallest absolute Gasteiger partial charge is 0.322 e. The van der Waals surface area contributed by atoms with Gasteiger partial charge >= 0.3 is 6.03 Å². The van der Waals surface area contributed by atoms with Crippen LogP contribution in [0.3, 0.4) is 0 Å². The third kappa shape index (κ3) is 4.60. The van der Waals surface area contributed by atoms with Crippen LogP contribution in [-0.4, -0.2) is 48.4 Å². The maximum atomic E-state index is 12.5. The van der Waals surface area contributed by atoms with Crippen LogP contribution in [0, 0.1) is 11.8 Å². The van der Waals surface area contributed by atoms with E-state index in [0.717, 1.165) is 11.1 Å². The van der Waals surface area contributed by atoms with Crippen molar-refractivity contribution in [2.75, 3.05) is 31.6 Å². The van der Waals surface area contributed by atoms with Gasteiger partial charge in [0, 0.05) is 17.7 Å². The fraction of sp³-hybridized carbons (Fsp3) is 0.250. The summed E-state index contributed by atoms with van der Waals surface area (Å²) in [6.07, 6.45) is -0.326. The monoisotopic (exact) mass is 336 g/mol. The zero-order valence-electron chi connectivity index (χ0n) is 13.8. The number of rotatable bonds is 2. The van der Waals surface area contributed by atoms with E-state index < -0.39 is 0 Å². The number of aliphatic hydroxyl groups is 1. The normalized spacial score (nSPS) is 16.7. The Bertz CT molecular complexity index is 780. The number of amides is 2. The maximum Gasteiger partial charge on any atom is 0.322 e. The van der Waals surface area contributed by atoms with Crippen LogP contribution in [0.15, 0.2) is 54.6 Å². The van der Waals surface area contributed by atoms with Crippen LogP contribution < -0.4 is 5.32 Å². The summed E-state index contributed by atoms with van der Waals surface area (Å²) in [5.74, 6) is 6.21. The zero-order valence-corrected chi connectivity index (χ0v) is 13.8. The third-order valence-corrected chi connectivity index (χ3v) is 3.91. The SMILES string of the molecule is O=C(Nc1ccccc1C#Cc1ccccc1)N1CCO[C@@H](CO)C1. The standard InChI is InChI=1S/C20H20N2O3/c23-15-18-14-22(12-13-25-18)20(24)21-19-9-5-4-8-17(19)11-10-16-6-2-1-3-7-16/h1-9,18,23H,12-15H2,(H,21,24)/t18-/m1/s1. The predicted octanol–water partition coefficient (Wildman–Crippen LogP) is 2.31. The molecular formula is C20H20N2O3. The molecule has 0 spiro atoms. The summed E-state index contributed by atoms with van der Waals surface area (Å²) in [6, 6.07) is 16.9. The summed E-state index contributed by atoms with van der Waals surface area (Å²) in [5.41, 5.74) is 2.34. The van der Waals surface area contributed by atoms with E-state index in [-0.39, 0.29) is 18.7 Å². The summed E-state index contributed by atoms with van der Waals surface area (Å²) in [7, 11) is 0. The number of carbonyl (C=O) groups excluding carboxylic acids is 1. The lowest BCUT2D eigenvalue weighted by atomic mass is 10.1. The van der Waals surface area contributed by atoms with Gasteiger partial charge in [-0.15, -0.1) is 0 Å². The highest BCUT2D eigenvalue weighted by atomic mass is 16.5. The molecule has 1 aliphatic rings. The van der Waals surface area contributed by atoms with Gasteiger partial charge in [-0.3, -0.25) is 0 Å². The molecule has 0 bridgehead atoms. The molecule has 5 heteroatoms. The Balaban J connectivity index is 1.73. The molecule has 1 heterocycles. The van der Waals surface area contributed by atoms with Gasteiger partial charge in [-0.2, -0.15) is 0 Å². The van der Waals surface area contributed by atoms with Gasteiger partial charge in [0.05, 0.1) is 31.5 Å². The van der Waals surface area contributed by atoms with E-state index in [9.17, 15) is 9.90 Å². The molecule has 0 unspecified atom stereocenters. The molecule has 5 nitrogen and oxygen atoms in total. The molecule has 0 saturated carbocycles. The molecule has 1 saturated heterocycles. The largest absolute Gasteiger partial charge is 0.394 e. The maximum absolute atomic E-state index is 12.5. The summed E-state index contributed by atoms with van der Waals surface area (Å²) < 4.78 is 5.37. The van der Waals surface area contributed by atoms with Crippen LogP contribution >= 0.6 is 0 Å². The van der Waals surface area contributed by atoms with Gasteiger partial charge in [0.1, 0.15) is 0 Å². The zero-order chi connectivity index (χ0) is 17.5. The molecule has 2 N–H and O–H groups in total. The number of nitrogens with zero attached hydrogens (tertiary/aromatic N) is 1. The van der Waals surface area contributed by atoms with Gasteiger partial charge < -0.3 is 20.1 Å². The van der Waals surface area contributed by atoms with Gasteiger partial charge in [-0.05, 0) is 24.3 Å². The van der Waals surface area contributed by atoms with Crippen molar-refractivity contribution in [1.82, 2.24) is 4.90 Å². The molecule has 128 valence electrons. The van der Waals surface area contributed by atoms with E-state index in [1.54, 1.807) is 4.90 Å². The first-order chi connectivity index (χ1) is 12.3. The molecule has 1 fully saturated rings. The molecule has 2 amide bonds. The number of nitrogens with one attached hydrogen (secondary N) is 1. The molecule has 3 rings (SSSR count). The Morgan fingerprint density at radius 3 is 2.72 bits per heavy atom. The second-order valence-electron chi connectivity index (χ2n) is 5.71. The molecule has 1 atom stereocenters. The van der Waals surface area contributed by atoms with Crippen LogP contribution in [0.2, 0.25) is 0 Å². The van der Waals surface area contributed by atoms with Crippen molar-refractivity contribution in [2.45, 2.75) is 6.10 Å². The second-order valence-corrected chi connectivity index (χ2v) is 5.71. The minimum atomic E-state index is -0.326. The lowest BCUT2D eigenvalue weighted by Crippen LogP contribution is -2.48. The Morgan fingerprint density at radius 2 is 1.92 bits per heavy atom. The number of aliphatic hydroxyl groups excluding tert-OH is 1. The lowest BCUT2D eigenvalue weighted by Gasteiger charge is -2.32. The fourth-order valence-electron chi connectivity index (χ4n) is 2.57. The molecule has 2 aromatic carbocycles. The van der Waals surface area contributed by atoms with Crippen molar-refractivity contribution < 1.29 is 14.6 Å². The molecule has 0 aromatic heterocycles. The Hall–Kier alpha value is -2.81. The second kappa shape index (κ2) is 8.34. The predicted molar refractivity (Wildman–Crippen MR) is 96.3 cm³/mol. The highest BCUT2D eigenvalue weighted by Gasteiger charge is 2.23. The van der Waals surface area contributed by atoms with Crippen LogP contribution in [0.4, 0.5) is 10.5 Å². The van der Waals surface area contributed by atoms with Gasteiger partial charge in [0.25, 0.3) is 0 Å². The number of hydrogen-bond acceptors (Lipinski definition) is 3. The topological polar surface area (TPSA) is 61.8 Å². The van der Waals surface area contributed by atoms with Gasteiger partial charge in [-0.1, -0.05) is 42.2 Å². The Morgan fingerprint density at radius 1 is 1.16 bits per heavy atom. The first-order valence-corrected chi connectivity index (χ1v) is 8.21. The number of urea groups is 1. The van der Waals surface area contributed by atoms with E-state index >= 15 is 0 Å². The fourth-order valence-corrected chi connectivity index (χ4v) is 2.57. The number of morpholine rings is 1. The molecule has 1 aliphatic heterocycles. The average Bonchev–Trinajstić information content (AvgIpc) is 2.68. The van der Waals surface area contributed by atoms with Crippen molar-refractivity contribution >= 4 is 11.7 Å². The van der Waals surface area contributed by atoms with E-state index in [4.69, 9.17) is 4.74 Å². The van der Waals surface area contributed by atoms with E-state index in [0.29, 0.717) is 25.4 Å². The minimum absolute atomic E-state index is 0.0943. The third-order valence-electron chi connectivity index (χ3n) is 3.91. The lowest BCUT2D eigenvalue weighted by molar-refractivity contribution is -0.0388. The van der Waals surface area contributed by atoms with Crippen molar-refractivity contribution in [1.29, 1.82) is 0 Å². The van der Waals surface area contributed by atoms with E-state index in [1.165, 1.54) is 0 Å². The minimum Gasteiger partial charge on any atom is -0.394 e. The molecule has 25 heavy (non-hydrogen) atoms. The number of hydrogen-bond donors (Lipinski definition) is 2. The van der Waals surface area contributed by atoms with Gasteiger partial charge in [0.15, 0.2) is 0 Å². The summed E-state index contributed by atoms with van der Waals surface area (Å²) in [6.45, 7) is 1.21. The quantitative estimate of drug-likeness (QED) is 0.828. The molecule has 2 aromatic rings. The van der Waals surface area contributed by atoms with E-state index in [2.05, 4.69) is 17.2 Å². The molecule has 0 radical (unpaired) electrons. The van der Waals surface area contributed by atoms with Crippen molar-refractivity contribution in [3.05, 3.63) is 65.7 Å². The Labute approximate surface area is 147 Å². The number of ether oxygens (including phenoxy) is 1. The molecular weight excluding hydrogens is 316 g/mol. The summed E-state index contributed by atoms with van der Waals surface area (Å²) >= 11 is 0. The number of para-hydroxylation sites is 1. The Kier molecular flexibility index (Phi) is 5.68. The van der Waals surface area contributed by atoms with Crippen molar-refractivity contribution in [3.8, 4) is 11.8 Å². The van der Waals surface area contributed by atoms with Gasteiger partial charge in [-0.25, -0.2) is 4.79 Å². The summed E-state index contributed by atoms with van der Waals surface area (Å²) in [5, 5.41) is 12.1. The number of anilines is 1. The van der Waals surface area contributed by atoms with Crippen LogP contribution in [0.25, 0.3) is 0 Å². The number of carbonyl (C=O) groups is 1. The van der Waals surface area contributed by atoms with Crippen LogP contribution in [0.5, 0.6) is 0 Å². The van der Waals surface area contributed by atoms with Crippen molar-refractivity contribution in [3.63, 3.8) is 0 Å². The number of benzene rings is 2. The first-order valence-electron chi connectivity index (χ1n) is 8.21. The summed E-state index contributed by atoms with van der Waals surface area (Å²) in [4.78, 5) is 14.1. The molecule has 0 aliphatic carbocycles. The van der Waals surface area contributed by atoms with Gasteiger partial charge in [0.2, 0.25) is 0 Å². The average molecular weight is 336 g/mol. The first kappa shape index (κ1) is 17.0. The van der Waals surface area contributed by atoms with Crippen molar-refractivity contribution in [2.24, 2.45) is 0 Å². The highest BCUT2D eigenvalue weighted by Crippen LogP contribution is 2.16. The van der Waals surface area contributed by atoms with Crippen LogP contribution in [0.1, 0.15) is 11.1 Å². The van der Waals surface area contributed by atoms with E-state index in [1.807, 2.05) is 54.6 Å². The van der Waals surface area contributed by atoms with Crippen LogP contribution in [-0.2, 0) is 4.74 Å².